The minimum Gasteiger partial charge on any atom is -0.408 e. The van der Waals surface area contributed by atoms with Gasteiger partial charge in [0.25, 0.3) is 0 Å². The number of thiazole rings is 1. The molecule has 0 bridgehead atoms. The smallest absolute Gasteiger partial charge is 0.211 e. The molecule has 4 atom stereocenters. The van der Waals surface area contributed by atoms with E-state index in [1.54, 1.807) is 22.7 Å². The SMILES string of the molecule is CC1(C)O[C@H]2O[C@H](C(=O)c3cn4c(C(=O)c5ccc(Br)cc5)cnc4s3)[C@H](O[Si](C)(C)C(C)(C)C)[C@H]2O1. The molecular formula is C26H31BrN2O6SSi. The number of carbonyl (C=O) groups excluding carboxylic acids is 2. The van der Waals surface area contributed by atoms with Gasteiger partial charge in [-0.15, -0.1) is 0 Å². The zero-order valence-corrected chi connectivity index (χ0v) is 25.3. The Hall–Kier alpha value is -1.73. The van der Waals surface area contributed by atoms with Crippen LogP contribution in [0.4, 0.5) is 0 Å². The van der Waals surface area contributed by atoms with Crippen molar-refractivity contribution in [3.63, 3.8) is 0 Å². The van der Waals surface area contributed by atoms with Gasteiger partial charge in [0.15, 0.2) is 31.5 Å². The lowest BCUT2D eigenvalue weighted by molar-refractivity contribution is -0.207. The molecule has 2 saturated heterocycles. The first kappa shape index (κ1) is 26.9. The van der Waals surface area contributed by atoms with Gasteiger partial charge in [-0.25, -0.2) is 4.98 Å². The van der Waals surface area contributed by atoms with Crippen molar-refractivity contribution in [3.8, 4) is 0 Å². The molecule has 3 aromatic rings. The molecule has 8 nitrogen and oxygen atoms in total. The molecule has 0 saturated carbocycles. The number of rotatable bonds is 6. The van der Waals surface area contributed by atoms with Crippen LogP contribution >= 0.6 is 27.3 Å². The zero-order chi connectivity index (χ0) is 26.9. The number of hydrogen-bond acceptors (Lipinski definition) is 8. The molecule has 0 N–H and O–H groups in total. The summed E-state index contributed by atoms with van der Waals surface area (Å²) in [5.74, 6) is -1.24. The number of carbonyl (C=O) groups is 2. The normalized spacial score (nSPS) is 25.5. The van der Waals surface area contributed by atoms with Crippen LogP contribution < -0.4 is 0 Å². The van der Waals surface area contributed by atoms with Gasteiger partial charge in [0.2, 0.25) is 11.6 Å². The van der Waals surface area contributed by atoms with Crippen molar-refractivity contribution in [3.05, 3.63) is 57.3 Å². The van der Waals surface area contributed by atoms with Crippen molar-refractivity contribution in [2.24, 2.45) is 0 Å². The van der Waals surface area contributed by atoms with Crippen molar-refractivity contribution in [2.45, 2.75) is 83.1 Å². The van der Waals surface area contributed by atoms with E-state index in [1.807, 2.05) is 26.0 Å². The molecule has 37 heavy (non-hydrogen) atoms. The number of ether oxygens (including phenoxy) is 3. The number of imidazole rings is 1. The lowest BCUT2D eigenvalue weighted by atomic mass is 10.1. The lowest BCUT2D eigenvalue weighted by Crippen LogP contribution is -2.51. The summed E-state index contributed by atoms with van der Waals surface area (Å²) < 4.78 is 27.5. The quantitative estimate of drug-likeness (QED) is 0.257. The number of Topliss-reactive ketones (excluding diaryl/α,β-unsaturated/α-hetero) is 1. The Morgan fingerprint density at radius 2 is 1.84 bits per heavy atom. The zero-order valence-electron chi connectivity index (χ0n) is 21.9. The first-order valence-corrected chi connectivity index (χ1v) is 16.7. The molecule has 1 aromatic carbocycles. The summed E-state index contributed by atoms with van der Waals surface area (Å²) in [6.45, 7) is 14.4. The lowest BCUT2D eigenvalue weighted by Gasteiger charge is -2.40. The molecule has 11 heteroatoms. The van der Waals surface area contributed by atoms with E-state index in [4.69, 9.17) is 18.6 Å². The minimum absolute atomic E-state index is 0.0699. The van der Waals surface area contributed by atoms with Crippen LogP contribution in [-0.2, 0) is 18.6 Å². The first-order valence-electron chi connectivity index (χ1n) is 12.2. The summed E-state index contributed by atoms with van der Waals surface area (Å²) in [7, 11) is -2.28. The second kappa shape index (κ2) is 9.18. The topological polar surface area (TPSA) is 88.4 Å². The molecule has 2 fully saturated rings. The van der Waals surface area contributed by atoms with Gasteiger partial charge in [-0.1, -0.05) is 48.0 Å². The van der Waals surface area contributed by atoms with Crippen molar-refractivity contribution in [2.75, 3.05) is 0 Å². The average Bonchev–Trinajstić information content (AvgIpc) is 3.52. The van der Waals surface area contributed by atoms with E-state index < -0.39 is 38.7 Å². The van der Waals surface area contributed by atoms with E-state index in [-0.39, 0.29) is 16.6 Å². The van der Waals surface area contributed by atoms with Gasteiger partial charge in [-0.3, -0.25) is 14.0 Å². The maximum absolute atomic E-state index is 13.8. The van der Waals surface area contributed by atoms with Crippen LogP contribution in [0.3, 0.4) is 0 Å². The maximum atomic E-state index is 13.8. The largest absolute Gasteiger partial charge is 0.408 e. The third-order valence-electron chi connectivity index (χ3n) is 7.28. The molecular weight excluding hydrogens is 576 g/mol. The highest BCUT2D eigenvalue weighted by Gasteiger charge is 2.59. The molecule has 0 unspecified atom stereocenters. The average molecular weight is 608 g/mol. The molecule has 0 spiro atoms. The van der Waals surface area contributed by atoms with Crippen LogP contribution in [-0.4, -0.2) is 59.7 Å². The predicted molar refractivity (Wildman–Crippen MR) is 146 cm³/mol. The monoisotopic (exact) mass is 606 g/mol. The number of benzene rings is 1. The Labute approximate surface area is 229 Å². The third kappa shape index (κ3) is 4.91. The van der Waals surface area contributed by atoms with Gasteiger partial charge < -0.3 is 18.6 Å². The van der Waals surface area contributed by atoms with Crippen LogP contribution in [0.1, 0.15) is 60.3 Å². The Morgan fingerprint density at radius 1 is 1.16 bits per heavy atom. The molecule has 0 radical (unpaired) electrons. The third-order valence-corrected chi connectivity index (χ3v) is 13.3. The van der Waals surface area contributed by atoms with Gasteiger partial charge in [0, 0.05) is 16.2 Å². The second-order valence-electron chi connectivity index (χ2n) is 11.5. The summed E-state index contributed by atoms with van der Waals surface area (Å²) >= 11 is 4.61. The van der Waals surface area contributed by atoms with Crippen molar-refractivity contribution in [1.29, 1.82) is 0 Å². The van der Waals surface area contributed by atoms with Crippen molar-refractivity contribution in [1.82, 2.24) is 9.38 Å². The van der Waals surface area contributed by atoms with Crippen LogP contribution in [0.15, 0.2) is 41.1 Å². The number of aromatic nitrogens is 2. The molecule has 5 rings (SSSR count). The van der Waals surface area contributed by atoms with E-state index in [0.717, 1.165) is 4.47 Å². The van der Waals surface area contributed by atoms with Crippen molar-refractivity contribution >= 4 is 52.1 Å². The number of halogens is 1. The summed E-state index contributed by atoms with van der Waals surface area (Å²) in [5.41, 5.74) is 0.926. The van der Waals surface area contributed by atoms with Crippen LogP contribution in [0.2, 0.25) is 18.1 Å². The fourth-order valence-corrected chi connectivity index (χ4v) is 6.78. The highest BCUT2D eigenvalue weighted by atomic mass is 79.9. The first-order chi connectivity index (χ1) is 17.2. The Morgan fingerprint density at radius 3 is 2.49 bits per heavy atom. The van der Waals surface area contributed by atoms with Crippen molar-refractivity contribution < 1.29 is 28.2 Å². The number of hydrogen-bond donors (Lipinski definition) is 0. The van der Waals surface area contributed by atoms with E-state index >= 15 is 0 Å². The molecule has 0 aliphatic carbocycles. The number of ketones is 2. The van der Waals surface area contributed by atoms with Gasteiger partial charge >= 0.3 is 0 Å². The van der Waals surface area contributed by atoms with E-state index in [0.29, 0.717) is 21.1 Å². The highest BCUT2D eigenvalue weighted by molar-refractivity contribution is 9.10. The molecule has 2 aliphatic rings. The molecule has 2 aromatic heterocycles. The second-order valence-corrected chi connectivity index (χ2v) is 18.1. The Balaban J connectivity index is 1.45. The molecule has 198 valence electrons. The van der Waals surface area contributed by atoms with Crippen LogP contribution in [0.5, 0.6) is 0 Å². The van der Waals surface area contributed by atoms with Gasteiger partial charge in [0.05, 0.1) is 11.1 Å². The number of fused-ring (bicyclic) bond motifs is 2. The van der Waals surface area contributed by atoms with Crippen LogP contribution in [0.25, 0.3) is 4.96 Å². The Bertz CT molecular complexity index is 1360. The van der Waals surface area contributed by atoms with Gasteiger partial charge in [-0.05, 0) is 56.2 Å². The van der Waals surface area contributed by atoms with Gasteiger partial charge in [-0.2, -0.15) is 0 Å². The molecule has 2 aliphatic heterocycles. The molecule has 0 amide bonds. The van der Waals surface area contributed by atoms with E-state index in [1.165, 1.54) is 17.5 Å². The summed E-state index contributed by atoms with van der Waals surface area (Å²) in [6.07, 6.45) is 0.476. The Kier molecular flexibility index (Phi) is 6.66. The van der Waals surface area contributed by atoms with Gasteiger partial charge in [0.1, 0.15) is 17.9 Å². The van der Waals surface area contributed by atoms with E-state index in [9.17, 15) is 9.59 Å². The summed E-state index contributed by atoms with van der Waals surface area (Å²) in [4.78, 5) is 32.3. The summed E-state index contributed by atoms with van der Waals surface area (Å²) in [5, 5.41) is -0.0699. The standard InChI is InChI=1S/C26H31BrN2O6SSi/c1-25(2,3)37(6,7)35-21-20(32-23-22(21)33-26(4,5)34-23)19(31)17-13-29-16(12-28-24(29)36-17)18(30)14-8-10-15(27)11-9-14/h8-13,20-23H,1-7H3/t20-,21+,22-,23-/m1/s1. The number of nitrogens with zero attached hydrogens (tertiary/aromatic N) is 2. The fourth-order valence-electron chi connectivity index (χ4n) is 4.29. The predicted octanol–water partition coefficient (Wildman–Crippen LogP) is 5.84. The minimum atomic E-state index is -2.28. The van der Waals surface area contributed by atoms with Crippen LogP contribution in [0, 0.1) is 0 Å². The highest BCUT2D eigenvalue weighted by Crippen LogP contribution is 2.44. The molecule has 4 heterocycles. The summed E-state index contributed by atoms with van der Waals surface area (Å²) in [6, 6.07) is 7.13. The maximum Gasteiger partial charge on any atom is 0.211 e. The fraction of sp³-hybridized carbons (Fsp3) is 0.500. The van der Waals surface area contributed by atoms with E-state index in [2.05, 4.69) is 54.8 Å².